The van der Waals surface area contributed by atoms with Crippen molar-refractivity contribution in [2.45, 2.75) is 19.4 Å². The lowest BCUT2D eigenvalue weighted by Crippen LogP contribution is -2.30. The van der Waals surface area contributed by atoms with Crippen LogP contribution in [0.5, 0.6) is 0 Å². The number of carbonyl (C=O) groups excluding carboxylic acids is 1. The molecule has 1 rings (SSSR count). The molecule has 0 aliphatic heterocycles. The van der Waals surface area contributed by atoms with Crippen LogP contribution in [0.15, 0.2) is 18.2 Å². The highest BCUT2D eigenvalue weighted by Gasteiger charge is 2.09. The Morgan fingerprint density at radius 2 is 2.26 bits per heavy atom. The van der Waals surface area contributed by atoms with Crippen molar-refractivity contribution in [2.24, 2.45) is 0 Å². The van der Waals surface area contributed by atoms with Crippen LogP contribution in [-0.4, -0.2) is 42.2 Å². The van der Waals surface area contributed by atoms with Gasteiger partial charge < -0.3 is 21.1 Å². The smallest absolute Gasteiger partial charge is 0.225 e. The fourth-order valence-electron chi connectivity index (χ4n) is 1.69. The van der Waals surface area contributed by atoms with E-state index in [1.165, 1.54) is 18.2 Å². The van der Waals surface area contributed by atoms with Gasteiger partial charge in [0.15, 0.2) is 0 Å². The van der Waals surface area contributed by atoms with Gasteiger partial charge in [-0.25, -0.2) is 4.39 Å². The molecule has 106 valence electrons. The third-order valence-electron chi connectivity index (χ3n) is 2.56. The summed E-state index contributed by atoms with van der Waals surface area (Å²) < 4.78 is 13.4. The van der Waals surface area contributed by atoms with E-state index < -0.39 is 11.9 Å². The number of anilines is 2. The largest absolute Gasteiger partial charge is 0.399 e. The van der Waals surface area contributed by atoms with E-state index in [1.807, 2.05) is 4.90 Å². The minimum absolute atomic E-state index is 0.0863. The first-order chi connectivity index (χ1) is 8.88. The van der Waals surface area contributed by atoms with Crippen molar-refractivity contribution in [3.05, 3.63) is 24.0 Å². The van der Waals surface area contributed by atoms with Crippen LogP contribution in [0.25, 0.3) is 0 Å². The summed E-state index contributed by atoms with van der Waals surface area (Å²) in [5.41, 5.74) is 6.00. The SMILES string of the molecule is CC(O)CN(C)CCC(=O)Nc1cc(N)ccc1F. The second-order valence-electron chi connectivity index (χ2n) is 4.65. The summed E-state index contributed by atoms with van der Waals surface area (Å²) in [5, 5.41) is 11.7. The van der Waals surface area contributed by atoms with Gasteiger partial charge in [0.05, 0.1) is 11.8 Å². The summed E-state index contributed by atoms with van der Waals surface area (Å²) in [7, 11) is 1.81. The van der Waals surface area contributed by atoms with Crippen molar-refractivity contribution in [2.75, 3.05) is 31.2 Å². The molecule has 0 heterocycles. The molecule has 19 heavy (non-hydrogen) atoms. The van der Waals surface area contributed by atoms with Crippen LogP contribution in [0, 0.1) is 5.82 Å². The number of aliphatic hydroxyl groups excluding tert-OH is 1. The van der Waals surface area contributed by atoms with Gasteiger partial charge >= 0.3 is 0 Å². The van der Waals surface area contributed by atoms with Crippen LogP contribution in [0.2, 0.25) is 0 Å². The molecule has 0 bridgehead atoms. The molecule has 0 aliphatic rings. The Morgan fingerprint density at radius 3 is 2.89 bits per heavy atom. The van der Waals surface area contributed by atoms with E-state index in [4.69, 9.17) is 5.73 Å². The summed E-state index contributed by atoms with van der Waals surface area (Å²) in [6, 6.07) is 4.03. The molecule has 0 spiro atoms. The van der Waals surface area contributed by atoms with Gasteiger partial charge in [-0.3, -0.25) is 4.79 Å². The number of nitrogens with zero attached hydrogens (tertiary/aromatic N) is 1. The van der Waals surface area contributed by atoms with Crippen LogP contribution in [0.3, 0.4) is 0 Å². The average molecular weight is 269 g/mol. The predicted octanol–water partition coefficient (Wildman–Crippen LogP) is 1.05. The number of amides is 1. The molecule has 1 atom stereocenters. The van der Waals surface area contributed by atoms with Crippen molar-refractivity contribution >= 4 is 17.3 Å². The topological polar surface area (TPSA) is 78.6 Å². The van der Waals surface area contributed by atoms with Crippen molar-refractivity contribution in [1.29, 1.82) is 0 Å². The Balaban J connectivity index is 2.45. The molecular weight excluding hydrogens is 249 g/mol. The Hall–Kier alpha value is -1.66. The number of rotatable bonds is 6. The Bertz CT molecular complexity index is 438. The van der Waals surface area contributed by atoms with Crippen LogP contribution in [-0.2, 0) is 4.79 Å². The summed E-state index contributed by atoms with van der Waals surface area (Å²) in [5.74, 6) is -0.804. The lowest BCUT2D eigenvalue weighted by Gasteiger charge is -2.17. The van der Waals surface area contributed by atoms with E-state index in [1.54, 1.807) is 14.0 Å². The zero-order valence-corrected chi connectivity index (χ0v) is 11.2. The van der Waals surface area contributed by atoms with E-state index in [9.17, 15) is 14.3 Å². The molecular formula is C13H20FN3O2. The Labute approximate surface area is 112 Å². The monoisotopic (exact) mass is 269 g/mol. The van der Waals surface area contributed by atoms with Crippen molar-refractivity contribution in [3.8, 4) is 0 Å². The van der Waals surface area contributed by atoms with Gasteiger partial charge in [0.1, 0.15) is 5.82 Å². The molecule has 0 radical (unpaired) electrons. The first-order valence-corrected chi connectivity index (χ1v) is 6.10. The maximum atomic E-state index is 13.4. The maximum absolute atomic E-state index is 13.4. The third-order valence-corrected chi connectivity index (χ3v) is 2.56. The van der Waals surface area contributed by atoms with Crippen molar-refractivity contribution in [3.63, 3.8) is 0 Å². The number of likely N-dealkylation sites (N-methyl/N-ethyl adjacent to an activating group) is 1. The lowest BCUT2D eigenvalue weighted by molar-refractivity contribution is -0.116. The van der Waals surface area contributed by atoms with Gasteiger partial charge in [-0.05, 0) is 32.2 Å². The number of hydrogen-bond donors (Lipinski definition) is 3. The molecule has 1 amide bonds. The number of nitrogens with one attached hydrogen (secondary N) is 1. The maximum Gasteiger partial charge on any atom is 0.225 e. The highest BCUT2D eigenvalue weighted by Crippen LogP contribution is 2.17. The van der Waals surface area contributed by atoms with Crippen molar-refractivity contribution < 1.29 is 14.3 Å². The molecule has 0 saturated carbocycles. The van der Waals surface area contributed by atoms with Gasteiger partial charge in [-0.1, -0.05) is 0 Å². The molecule has 0 aliphatic carbocycles. The number of carbonyl (C=O) groups is 1. The van der Waals surface area contributed by atoms with Crippen LogP contribution in [0.1, 0.15) is 13.3 Å². The molecule has 5 nitrogen and oxygen atoms in total. The van der Waals surface area contributed by atoms with Gasteiger partial charge in [0, 0.05) is 25.2 Å². The molecule has 1 aromatic carbocycles. The normalized spacial score (nSPS) is 12.5. The summed E-state index contributed by atoms with van der Waals surface area (Å²) in [6.45, 7) is 2.65. The van der Waals surface area contributed by atoms with Gasteiger partial charge in [-0.15, -0.1) is 0 Å². The predicted molar refractivity (Wildman–Crippen MR) is 73.2 cm³/mol. The minimum atomic E-state index is -0.514. The van der Waals surface area contributed by atoms with Crippen LogP contribution >= 0.6 is 0 Å². The second kappa shape index (κ2) is 7.06. The number of halogens is 1. The third kappa shape index (κ3) is 5.67. The minimum Gasteiger partial charge on any atom is -0.399 e. The van der Waals surface area contributed by atoms with E-state index in [2.05, 4.69) is 5.32 Å². The lowest BCUT2D eigenvalue weighted by atomic mass is 10.2. The van der Waals surface area contributed by atoms with Gasteiger partial charge in [0.25, 0.3) is 0 Å². The molecule has 1 unspecified atom stereocenters. The highest BCUT2D eigenvalue weighted by atomic mass is 19.1. The number of benzene rings is 1. The Morgan fingerprint density at radius 1 is 1.58 bits per heavy atom. The Kier molecular flexibility index (Phi) is 5.72. The van der Waals surface area contributed by atoms with Crippen LogP contribution < -0.4 is 11.1 Å². The molecule has 1 aromatic rings. The highest BCUT2D eigenvalue weighted by molar-refractivity contribution is 5.91. The zero-order valence-electron chi connectivity index (χ0n) is 11.2. The quantitative estimate of drug-likeness (QED) is 0.674. The first-order valence-electron chi connectivity index (χ1n) is 6.10. The molecule has 6 heteroatoms. The standard InChI is InChI=1S/C13H20FN3O2/c1-9(18)8-17(2)6-5-13(19)16-12-7-10(15)3-4-11(12)14/h3-4,7,9,18H,5-6,8,15H2,1-2H3,(H,16,19). The van der Waals surface area contributed by atoms with E-state index in [-0.39, 0.29) is 18.0 Å². The fourth-order valence-corrected chi connectivity index (χ4v) is 1.69. The fraction of sp³-hybridized carbons (Fsp3) is 0.462. The number of aliphatic hydroxyl groups is 1. The van der Waals surface area contributed by atoms with Gasteiger partial charge in [0.2, 0.25) is 5.91 Å². The zero-order chi connectivity index (χ0) is 14.4. The summed E-state index contributed by atoms with van der Waals surface area (Å²) in [6.07, 6.45) is -0.225. The van der Waals surface area contributed by atoms with Crippen molar-refractivity contribution in [1.82, 2.24) is 4.90 Å². The van der Waals surface area contributed by atoms with Gasteiger partial charge in [-0.2, -0.15) is 0 Å². The van der Waals surface area contributed by atoms with E-state index >= 15 is 0 Å². The molecule has 0 saturated heterocycles. The summed E-state index contributed by atoms with van der Waals surface area (Å²) >= 11 is 0. The van der Waals surface area contributed by atoms with E-state index in [0.717, 1.165) is 0 Å². The van der Waals surface area contributed by atoms with Crippen LogP contribution in [0.4, 0.5) is 15.8 Å². The second-order valence-corrected chi connectivity index (χ2v) is 4.65. The number of hydrogen-bond acceptors (Lipinski definition) is 4. The molecule has 0 fully saturated rings. The average Bonchev–Trinajstić information content (AvgIpc) is 2.30. The first kappa shape index (κ1) is 15.4. The number of nitrogens with two attached hydrogens (primary N) is 1. The number of nitrogen functional groups attached to an aromatic ring is 1. The molecule has 4 N–H and O–H groups in total. The van der Waals surface area contributed by atoms with E-state index in [0.29, 0.717) is 18.8 Å². The molecule has 0 aromatic heterocycles. The summed E-state index contributed by atoms with van der Waals surface area (Å²) in [4.78, 5) is 13.5.